The minimum Gasteiger partial charge on any atom is -0.338 e. The summed E-state index contributed by atoms with van der Waals surface area (Å²) in [7, 11) is 0. The Labute approximate surface area is 174 Å². The molecule has 29 heavy (non-hydrogen) atoms. The molecule has 2 heterocycles. The molecule has 0 radical (unpaired) electrons. The Morgan fingerprint density at radius 3 is 2.31 bits per heavy atom. The Balaban J connectivity index is 2.02. The molecule has 3 rings (SSSR count). The molecule has 0 unspecified atom stereocenters. The lowest BCUT2D eigenvalue weighted by atomic mass is 10.1. The number of aryl methyl sites for hydroxylation is 1. The standard InChI is InChI=1S/C21H27N5O2S/c1-7-25(8-2)19(28)15-16-17(26(24-15)21(4,5)6)22-20(29-16)23-18(27)14-11-9-13(3)10-12-14/h9-12H,7-8H2,1-6H3,(H,22,23,27). The third-order valence-electron chi connectivity index (χ3n) is 4.65. The van der Waals surface area contributed by atoms with Crippen LogP contribution in [-0.2, 0) is 5.54 Å². The summed E-state index contributed by atoms with van der Waals surface area (Å²) >= 11 is 1.28. The molecule has 0 spiro atoms. The molecule has 8 heteroatoms. The molecule has 0 saturated heterocycles. The van der Waals surface area contributed by atoms with Crippen molar-refractivity contribution in [2.75, 3.05) is 18.4 Å². The minimum absolute atomic E-state index is 0.122. The number of carbonyl (C=O) groups excluding carboxylic acids is 2. The number of fused-ring (bicyclic) bond motifs is 1. The number of anilines is 1. The quantitative estimate of drug-likeness (QED) is 0.677. The number of nitrogens with zero attached hydrogens (tertiary/aromatic N) is 4. The van der Waals surface area contributed by atoms with Crippen LogP contribution in [0, 0.1) is 6.92 Å². The first kappa shape index (κ1) is 21.0. The number of thiazole rings is 1. The van der Waals surface area contributed by atoms with Crippen LogP contribution in [0.4, 0.5) is 5.13 Å². The zero-order valence-electron chi connectivity index (χ0n) is 17.7. The van der Waals surface area contributed by atoms with Crippen molar-refractivity contribution < 1.29 is 9.59 Å². The van der Waals surface area contributed by atoms with Gasteiger partial charge >= 0.3 is 0 Å². The predicted molar refractivity (Wildman–Crippen MR) is 117 cm³/mol. The number of benzene rings is 1. The summed E-state index contributed by atoms with van der Waals surface area (Å²) in [6.45, 7) is 13.1. The molecule has 0 aliphatic rings. The fourth-order valence-electron chi connectivity index (χ4n) is 3.00. The van der Waals surface area contributed by atoms with Crippen LogP contribution in [0.25, 0.3) is 10.3 Å². The van der Waals surface area contributed by atoms with Crippen molar-refractivity contribution >= 4 is 38.6 Å². The largest absolute Gasteiger partial charge is 0.338 e. The molecule has 2 aromatic heterocycles. The molecule has 2 amide bonds. The summed E-state index contributed by atoms with van der Waals surface area (Å²) in [5.41, 5.74) is 2.29. The van der Waals surface area contributed by atoms with E-state index in [1.807, 2.05) is 53.7 Å². The summed E-state index contributed by atoms with van der Waals surface area (Å²) in [6, 6.07) is 7.35. The van der Waals surface area contributed by atoms with E-state index in [1.54, 1.807) is 21.7 Å². The maximum absolute atomic E-state index is 13.0. The molecule has 0 aliphatic heterocycles. The number of carbonyl (C=O) groups is 2. The highest BCUT2D eigenvalue weighted by Gasteiger charge is 2.28. The zero-order chi connectivity index (χ0) is 21.3. The maximum atomic E-state index is 13.0. The highest BCUT2D eigenvalue weighted by molar-refractivity contribution is 7.22. The second-order valence-electron chi connectivity index (χ2n) is 7.90. The van der Waals surface area contributed by atoms with E-state index in [1.165, 1.54) is 11.3 Å². The minimum atomic E-state index is -0.355. The van der Waals surface area contributed by atoms with Crippen LogP contribution in [0.15, 0.2) is 24.3 Å². The summed E-state index contributed by atoms with van der Waals surface area (Å²) in [5.74, 6) is -0.351. The van der Waals surface area contributed by atoms with Crippen LogP contribution in [0.3, 0.4) is 0 Å². The molecule has 0 saturated carbocycles. The molecule has 0 aliphatic carbocycles. The van der Waals surface area contributed by atoms with Crippen molar-refractivity contribution in [3.05, 3.63) is 41.1 Å². The van der Waals surface area contributed by atoms with Gasteiger partial charge in [-0.15, -0.1) is 0 Å². The van der Waals surface area contributed by atoms with Crippen LogP contribution >= 0.6 is 11.3 Å². The maximum Gasteiger partial charge on any atom is 0.275 e. The van der Waals surface area contributed by atoms with Gasteiger partial charge in [0.2, 0.25) is 0 Å². The van der Waals surface area contributed by atoms with Crippen molar-refractivity contribution in [3.8, 4) is 0 Å². The Bertz CT molecular complexity index is 1040. The fraction of sp³-hybridized carbons (Fsp3) is 0.429. The number of nitrogens with one attached hydrogen (secondary N) is 1. The molecule has 7 nitrogen and oxygen atoms in total. The normalized spacial score (nSPS) is 11.7. The number of amides is 2. The van der Waals surface area contributed by atoms with E-state index in [-0.39, 0.29) is 17.4 Å². The monoisotopic (exact) mass is 413 g/mol. The van der Waals surface area contributed by atoms with Crippen molar-refractivity contribution in [2.45, 2.75) is 47.1 Å². The van der Waals surface area contributed by atoms with Crippen molar-refractivity contribution in [1.82, 2.24) is 19.7 Å². The second kappa shape index (κ2) is 7.94. The van der Waals surface area contributed by atoms with Gasteiger partial charge in [-0.05, 0) is 53.7 Å². The summed E-state index contributed by atoms with van der Waals surface area (Å²) < 4.78 is 2.45. The first-order valence-electron chi connectivity index (χ1n) is 9.73. The number of hydrogen-bond acceptors (Lipinski definition) is 5. The van der Waals surface area contributed by atoms with Gasteiger partial charge in [0.05, 0.1) is 5.54 Å². The van der Waals surface area contributed by atoms with Crippen LogP contribution in [0.1, 0.15) is 61.0 Å². The van der Waals surface area contributed by atoms with E-state index < -0.39 is 0 Å². The third kappa shape index (κ3) is 4.17. The van der Waals surface area contributed by atoms with E-state index in [2.05, 4.69) is 15.4 Å². The molecule has 154 valence electrons. The lowest BCUT2D eigenvalue weighted by Gasteiger charge is -2.20. The molecular weight excluding hydrogens is 386 g/mol. The second-order valence-corrected chi connectivity index (χ2v) is 8.90. The van der Waals surface area contributed by atoms with Crippen molar-refractivity contribution in [3.63, 3.8) is 0 Å². The Hall–Kier alpha value is -2.74. The molecule has 0 atom stereocenters. The first-order valence-corrected chi connectivity index (χ1v) is 10.5. The topological polar surface area (TPSA) is 80.1 Å². The van der Waals surface area contributed by atoms with Crippen LogP contribution in [0.2, 0.25) is 0 Å². The predicted octanol–water partition coefficient (Wildman–Crippen LogP) is 4.29. The van der Waals surface area contributed by atoms with Crippen LogP contribution < -0.4 is 5.32 Å². The van der Waals surface area contributed by atoms with Gasteiger partial charge in [-0.25, -0.2) is 4.68 Å². The lowest BCUT2D eigenvalue weighted by Crippen LogP contribution is -2.31. The zero-order valence-corrected chi connectivity index (χ0v) is 18.6. The van der Waals surface area contributed by atoms with Gasteiger partial charge in [-0.2, -0.15) is 10.1 Å². The van der Waals surface area contributed by atoms with Gasteiger partial charge in [0.15, 0.2) is 16.5 Å². The van der Waals surface area contributed by atoms with E-state index in [4.69, 9.17) is 0 Å². The van der Waals surface area contributed by atoms with E-state index in [0.717, 1.165) is 5.56 Å². The lowest BCUT2D eigenvalue weighted by molar-refractivity contribution is 0.0767. The molecule has 1 N–H and O–H groups in total. The molecule has 0 bridgehead atoms. The Morgan fingerprint density at radius 1 is 1.14 bits per heavy atom. The smallest absolute Gasteiger partial charge is 0.275 e. The van der Waals surface area contributed by atoms with Crippen molar-refractivity contribution in [2.24, 2.45) is 0 Å². The van der Waals surface area contributed by atoms with E-state index in [0.29, 0.717) is 39.8 Å². The SMILES string of the molecule is CCN(CC)C(=O)c1nn(C(C)(C)C)c2nc(NC(=O)c3ccc(C)cc3)sc12. The number of hydrogen-bond donors (Lipinski definition) is 1. The molecule has 1 aromatic carbocycles. The van der Waals surface area contributed by atoms with Gasteiger partial charge in [0.25, 0.3) is 11.8 Å². The highest BCUT2D eigenvalue weighted by Crippen LogP contribution is 2.33. The van der Waals surface area contributed by atoms with E-state index in [9.17, 15) is 9.59 Å². The summed E-state index contributed by atoms with van der Waals surface area (Å²) in [4.78, 5) is 31.9. The van der Waals surface area contributed by atoms with Gasteiger partial charge in [0, 0.05) is 18.7 Å². The third-order valence-corrected chi connectivity index (χ3v) is 5.61. The van der Waals surface area contributed by atoms with Crippen LogP contribution in [-0.4, -0.2) is 44.6 Å². The van der Waals surface area contributed by atoms with Crippen LogP contribution in [0.5, 0.6) is 0 Å². The molecule has 3 aromatic rings. The molecule has 0 fully saturated rings. The first-order chi connectivity index (χ1) is 13.7. The number of aromatic nitrogens is 3. The van der Waals surface area contributed by atoms with E-state index >= 15 is 0 Å². The van der Waals surface area contributed by atoms with Gasteiger partial charge in [0.1, 0.15) is 4.70 Å². The summed E-state index contributed by atoms with van der Waals surface area (Å²) in [6.07, 6.45) is 0. The highest BCUT2D eigenvalue weighted by atomic mass is 32.1. The average molecular weight is 414 g/mol. The fourth-order valence-corrected chi connectivity index (χ4v) is 3.92. The van der Waals surface area contributed by atoms with Crippen molar-refractivity contribution in [1.29, 1.82) is 0 Å². The van der Waals surface area contributed by atoms with Gasteiger partial charge < -0.3 is 4.90 Å². The average Bonchev–Trinajstić information content (AvgIpc) is 3.21. The van der Waals surface area contributed by atoms with Gasteiger partial charge in [-0.3, -0.25) is 14.9 Å². The number of rotatable bonds is 5. The summed E-state index contributed by atoms with van der Waals surface area (Å²) in [5, 5.41) is 7.90. The van der Waals surface area contributed by atoms with Gasteiger partial charge in [-0.1, -0.05) is 29.0 Å². The molecular formula is C21H27N5O2S. The Morgan fingerprint density at radius 2 is 1.76 bits per heavy atom. The Kier molecular flexibility index (Phi) is 5.75.